The standard InChI is InChI=1S/C28H24BrCl2N3O3/c1-18-4-3-5-22(12-18)37-17-21-13-19(7-10-26(21)36-2)8-11-27(35)32-28-23(29)16-34(33-28)15-20-6-9-24(30)25(31)14-20/h3-14,16H,15,17H2,1-2H3,(H,32,33,35)/b11-8+. The number of ether oxygens (including phenoxy) is 2. The summed E-state index contributed by atoms with van der Waals surface area (Å²) in [5.41, 5.74) is 3.76. The molecule has 1 amide bonds. The molecule has 4 rings (SSSR count). The van der Waals surface area contributed by atoms with Crippen molar-refractivity contribution in [2.75, 3.05) is 12.4 Å². The molecule has 0 aliphatic rings. The summed E-state index contributed by atoms with van der Waals surface area (Å²) in [4.78, 5) is 12.6. The van der Waals surface area contributed by atoms with Crippen LogP contribution in [-0.4, -0.2) is 22.8 Å². The van der Waals surface area contributed by atoms with E-state index in [9.17, 15) is 4.79 Å². The lowest BCUT2D eigenvalue weighted by Gasteiger charge is -2.11. The van der Waals surface area contributed by atoms with Crippen LogP contribution in [0.15, 0.2) is 77.4 Å². The van der Waals surface area contributed by atoms with Crippen LogP contribution in [0.25, 0.3) is 6.08 Å². The van der Waals surface area contributed by atoms with E-state index in [1.807, 2.05) is 55.5 Å². The number of carbonyl (C=O) groups is 1. The minimum absolute atomic E-state index is 0.311. The first-order valence-corrected chi connectivity index (χ1v) is 12.9. The van der Waals surface area contributed by atoms with Crippen LogP contribution in [0.5, 0.6) is 11.5 Å². The molecule has 4 aromatic rings. The second-order valence-electron chi connectivity index (χ2n) is 8.27. The van der Waals surface area contributed by atoms with E-state index >= 15 is 0 Å². The summed E-state index contributed by atoms with van der Waals surface area (Å²) in [5, 5.41) is 8.21. The van der Waals surface area contributed by atoms with Gasteiger partial charge in [0.05, 0.1) is 28.2 Å². The molecule has 0 bridgehead atoms. The van der Waals surface area contributed by atoms with Gasteiger partial charge >= 0.3 is 0 Å². The average Bonchev–Trinajstić information content (AvgIpc) is 3.21. The summed E-state index contributed by atoms with van der Waals surface area (Å²) in [6, 6.07) is 18.9. The van der Waals surface area contributed by atoms with Crippen molar-refractivity contribution in [3.63, 3.8) is 0 Å². The first-order chi connectivity index (χ1) is 17.8. The molecule has 190 valence electrons. The molecule has 0 spiro atoms. The first kappa shape index (κ1) is 26.8. The lowest BCUT2D eigenvalue weighted by molar-refractivity contribution is -0.111. The molecule has 0 atom stereocenters. The maximum atomic E-state index is 12.6. The molecule has 0 aliphatic heterocycles. The number of halogens is 3. The number of amides is 1. The minimum Gasteiger partial charge on any atom is -0.496 e. The zero-order chi connectivity index (χ0) is 26.4. The minimum atomic E-state index is -0.311. The van der Waals surface area contributed by atoms with Crippen molar-refractivity contribution >= 4 is 56.9 Å². The van der Waals surface area contributed by atoms with Crippen LogP contribution in [-0.2, 0) is 17.9 Å². The third-order valence-corrected chi connectivity index (χ3v) is 6.72. The van der Waals surface area contributed by atoms with Crippen LogP contribution in [0.2, 0.25) is 10.0 Å². The Morgan fingerprint density at radius 2 is 1.95 bits per heavy atom. The topological polar surface area (TPSA) is 65.4 Å². The molecule has 1 aromatic heterocycles. The lowest BCUT2D eigenvalue weighted by Crippen LogP contribution is -2.09. The van der Waals surface area contributed by atoms with Gasteiger partial charge in [-0.3, -0.25) is 9.48 Å². The highest BCUT2D eigenvalue weighted by Gasteiger charge is 2.11. The Bertz CT molecular complexity index is 1450. The van der Waals surface area contributed by atoms with Crippen LogP contribution in [0.4, 0.5) is 5.82 Å². The molecule has 37 heavy (non-hydrogen) atoms. The van der Waals surface area contributed by atoms with Crippen LogP contribution in [0.3, 0.4) is 0 Å². The van der Waals surface area contributed by atoms with E-state index < -0.39 is 0 Å². The zero-order valence-electron chi connectivity index (χ0n) is 20.2. The summed E-state index contributed by atoms with van der Waals surface area (Å²) in [7, 11) is 1.62. The number of hydrogen-bond acceptors (Lipinski definition) is 4. The molecule has 0 unspecified atom stereocenters. The number of carbonyl (C=O) groups excluding carboxylic acids is 1. The molecule has 1 N–H and O–H groups in total. The second-order valence-corrected chi connectivity index (χ2v) is 9.94. The van der Waals surface area contributed by atoms with E-state index in [-0.39, 0.29) is 5.91 Å². The van der Waals surface area contributed by atoms with E-state index in [4.69, 9.17) is 32.7 Å². The molecule has 6 nitrogen and oxygen atoms in total. The van der Waals surface area contributed by atoms with Gasteiger partial charge in [0.15, 0.2) is 5.82 Å². The predicted molar refractivity (Wildman–Crippen MR) is 152 cm³/mol. The lowest BCUT2D eigenvalue weighted by atomic mass is 10.1. The van der Waals surface area contributed by atoms with Crippen LogP contribution in [0, 0.1) is 6.92 Å². The Kier molecular flexibility index (Phi) is 8.92. The number of methoxy groups -OCH3 is 1. The highest BCUT2D eigenvalue weighted by Crippen LogP contribution is 2.26. The quantitative estimate of drug-likeness (QED) is 0.201. The van der Waals surface area contributed by atoms with Crippen molar-refractivity contribution in [2.24, 2.45) is 0 Å². The smallest absolute Gasteiger partial charge is 0.249 e. The molecule has 0 saturated heterocycles. The van der Waals surface area contributed by atoms with Crippen molar-refractivity contribution in [3.05, 3.63) is 110 Å². The number of nitrogens with zero attached hydrogens (tertiary/aromatic N) is 2. The Hall–Kier alpha value is -3.26. The number of benzene rings is 3. The summed E-state index contributed by atoms with van der Waals surface area (Å²) >= 11 is 15.5. The SMILES string of the molecule is COc1ccc(/C=C/C(=O)Nc2nn(Cc3ccc(Cl)c(Cl)c3)cc2Br)cc1COc1cccc(C)c1. The molecule has 0 saturated carbocycles. The van der Waals surface area contributed by atoms with Gasteiger partial charge in [-0.25, -0.2) is 0 Å². The summed E-state index contributed by atoms with van der Waals surface area (Å²) in [6.07, 6.45) is 4.97. The molecule has 9 heteroatoms. The highest BCUT2D eigenvalue weighted by atomic mass is 79.9. The number of anilines is 1. The normalized spacial score (nSPS) is 11.1. The van der Waals surface area contributed by atoms with E-state index in [0.717, 1.165) is 28.0 Å². The molecular weight excluding hydrogens is 577 g/mol. The number of hydrogen-bond donors (Lipinski definition) is 1. The van der Waals surface area contributed by atoms with Crippen LogP contribution < -0.4 is 14.8 Å². The summed E-state index contributed by atoms with van der Waals surface area (Å²) in [5.74, 6) is 1.60. The average molecular weight is 601 g/mol. The van der Waals surface area contributed by atoms with Crippen molar-refractivity contribution in [1.29, 1.82) is 0 Å². The Labute approximate surface area is 233 Å². The van der Waals surface area contributed by atoms with Crippen LogP contribution in [0.1, 0.15) is 22.3 Å². The van der Waals surface area contributed by atoms with Crippen molar-refractivity contribution in [2.45, 2.75) is 20.1 Å². The number of nitrogens with one attached hydrogen (secondary N) is 1. The maximum Gasteiger partial charge on any atom is 0.249 e. The van der Waals surface area contributed by atoms with E-state index in [0.29, 0.717) is 39.2 Å². The fraction of sp³-hybridized carbons (Fsp3) is 0.143. The summed E-state index contributed by atoms with van der Waals surface area (Å²) < 4.78 is 13.8. The molecule has 3 aromatic carbocycles. The molecule has 0 radical (unpaired) electrons. The number of aromatic nitrogens is 2. The van der Waals surface area contributed by atoms with Gasteiger partial charge in [0.2, 0.25) is 5.91 Å². The molecular formula is C28H24BrCl2N3O3. The molecule has 0 fully saturated rings. The predicted octanol–water partition coefficient (Wildman–Crippen LogP) is 7.55. The second kappa shape index (κ2) is 12.3. The van der Waals surface area contributed by atoms with Crippen molar-refractivity contribution in [3.8, 4) is 11.5 Å². The van der Waals surface area contributed by atoms with E-state index in [2.05, 4.69) is 26.3 Å². The van der Waals surface area contributed by atoms with Gasteiger partial charge in [-0.15, -0.1) is 0 Å². The Morgan fingerprint density at radius 3 is 2.70 bits per heavy atom. The maximum absolute atomic E-state index is 12.6. The summed E-state index contributed by atoms with van der Waals surface area (Å²) in [6.45, 7) is 2.83. The van der Waals surface area contributed by atoms with Crippen molar-refractivity contribution < 1.29 is 14.3 Å². The monoisotopic (exact) mass is 599 g/mol. The van der Waals surface area contributed by atoms with E-state index in [1.165, 1.54) is 6.08 Å². The number of rotatable bonds is 9. The van der Waals surface area contributed by atoms with Crippen molar-refractivity contribution in [1.82, 2.24) is 9.78 Å². The Morgan fingerprint density at radius 1 is 1.11 bits per heavy atom. The van der Waals surface area contributed by atoms with E-state index in [1.54, 1.807) is 36.2 Å². The number of aryl methyl sites for hydroxylation is 1. The molecule has 0 aliphatic carbocycles. The fourth-order valence-corrected chi connectivity index (χ4v) is 4.33. The van der Waals surface area contributed by atoms with Gasteiger partial charge in [-0.2, -0.15) is 5.10 Å². The fourth-order valence-electron chi connectivity index (χ4n) is 3.60. The van der Waals surface area contributed by atoms with Gasteiger partial charge in [0.1, 0.15) is 18.1 Å². The van der Waals surface area contributed by atoms with Gasteiger partial charge in [-0.1, -0.05) is 47.5 Å². The van der Waals surface area contributed by atoms with Gasteiger partial charge in [0, 0.05) is 17.8 Å². The molecule has 1 heterocycles. The first-order valence-electron chi connectivity index (χ1n) is 11.3. The zero-order valence-corrected chi connectivity index (χ0v) is 23.3. The van der Waals surface area contributed by atoms with Gasteiger partial charge in [0.25, 0.3) is 0 Å². The van der Waals surface area contributed by atoms with Crippen LogP contribution >= 0.6 is 39.1 Å². The third kappa shape index (κ3) is 7.38. The van der Waals surface area contributed by atoms with Gasteiger partial charge < -0.3 is 14.8 Å². The largest absolute Gasteiger partial charge is 0.496 e. The third-order valence-electron chi connectivity index (χ3n) is 5.40. The Balaban J connectivity index is 1.40. The van der Waals surface area contributed by atoms with Gasteiger partial charge in [-0.05, 0) is 82.0 Å². The highest BCUT2D eigenvalue weighted by molar-refractivity contribution is 9.10.